The molecule has 1 heterocycles. The second-order valence-corrected chi connectivity index (χ2v) is 5.71. The molecule has 0 radical (unpaired) electrons. The van der Waals surface area contributed by atoms with Crippen LogP contribution in [0.25, 0.3) is 0 Å². The highest BCUT2D eigenvalue weighted by atomic mass is 16.7. The fourth-order valence-electron chi connectivity index (χ4n) is 2.61. The minimum absolute atomic E-state index is 0.00326. The molecule has 0 fully saturated rings. The van der Waals surface area contributed by atoms with Crippen molar-refractivity contribution < 1.29 is 24.1 Å². The van der Waals surface area contributed by atoms with Gasteiger partial charge in [-0.15, -0.1) is 0 Å². The van der Waals surface area contributed by atoms with Crippen LogP contribution in [-0.2, 0) is 4.79 Å². The van der Waals surface area contributed by atoms with Crippen LogP contribution in [0, 0.1) is 5.92 Å². The van der Waals surface area contributed by atoms with E-state index in [0.717, 1.165) is 19.3 Å². The number of hydrogen-bond acceptors (Lipinski definition) is 5. The molecule has 0 spiro atoms. The number of hydrogen-bond donors (Lipinski definition) is 2. The fourth-order valence-corrected chi connectivity index (χ4v) is 2.61. The third kappa shape index (κ3) is 4.16. The maximum absolute atomic E-state index is 12.0. The lowest BCUT2D eigenvalue weighted by molar-refractivity contribution is -0.125. The molecule has 0 saturated heterocycles. The number of carbonyl (C=O) groups is 1. The van der Waals surface area contributed by atoms with Gasteiger partial charge in [-0.3, -0.25) is 4.79 Å². The van der Waals surface area contributed by atoms with Crippen LogP contribution in [0.2, 0.25) is 0 Å². The van der Waals surface area contributed by atoms with Gasteiger partial charge in [-0.05, 0) is 31.4 Å². The second-order valence-electron chi connectivity index (χ2n) is 5.71. The maximum atomic E-state index is 12.0. The summed E-state index contributed by atoms with van der Waals surface area (Å²) in [5, 5.41) is 12.7. The summed E-state index contributed by atoms with van der Waals surface area (Å²) in [7, 11) is 0. The summed E-state index contributed by atoms with van der Waals surface area (Å²) in [5.41, 5.74) is 0. The number of benzene rings is 1. The Hall–Kier alpha value is -2.21. The molecular weight excluding hydrogens is 298 g/mol. The number of carbonyl (C=O) groups excluding carboxylic acids is 1. The topological polar surface area (TPSA) is 77.0 Å². The van der Waals surface area contributed by atoms with Crippen LogP contribution in [0.1, 0.15) is 19.3 Å². The molecule has 1 aromatic rings. The van der Waals surface area contributed by atoms with E-state index in [2.05, 4.69) is 11.4 Å². The van der Waals surface area contributed by atoms with Gasteiger partial charge in [0.15, 0.2) is 11.5 Å². The Morgan fingerprint density at radius 2 is 2.22 bits per heavy atom. The average molecular weight is 319 g/mol. The second kappa shape index (κ2) is 7.37. The molecule has 6 nitrogen and oxygen atoms in total. The van der Waals surface area contributed by atoms with E-state index in [1.807, 2.05) is 6.08 Å². The van der Waals surface area contributed by atoms with Crippen LogP contribution < -0.4 is 19.5 Å². The van der Waals surface area contributed by atoms with Gasteiger partial charge >= 0.3 is 0 Å². The minimum atomic E-state index is -0.761. The first kappa shape index (κ1) is 15.7. The Kier molecular flexibility index (Phi) is 5.02. The van der Waals surface area contributed by atoms with Crippen LogP contribution in [0.15, 0.2) is 30.4 Å². The van der Waals surface area contributed by atoms with Gasteiger partial charge in [0.25, 0.3) is 0 Å². The van der Waals surface area contributed by atoms with Gasteiger partial charge in [0.2, 0.25) is 12.7 Å². The van der Waals surface area contributed by atoms with E-state index in [0.29, 0.717) is 17.2 Å². The zero-order valence-corrected chi connectivity index (χ0v) is 12.9. The van der Waals surface area contributed by atoms with Crippen LogP contribution in [0.3, 0.4) is 0 Å². The van der Waals surface area contributed by atoms with Gasteiger partial charge in [-0.25, -0.2) is 0 Å². The van der Waals surface area contributed by atoms with E-state index >= 15 is 0 Å². The van der Waals surface area contributed by atoms with Gasteiger partial charge in [0, 0.05) is 18.5 Å². The number of aliphatic hydroxyl groups excluding tert-OH is 1. The summed E-state index contributed by atoms with van der Waals surface area (Å²) in [6.45, 7) is 0.498. The van der Waals surface area contributed by atoms with Crippen molar-refractivity contribution in [2.45, 2.75) is 25.4 Å². The average Bonchev–Trinajstić information content (AvgIpc) is 3.06. The summed E-state index contributed by atoms with van der Waals surface area (Å²) in [6.07, 6.45) is 5.95. The summed E-state index contributed by atoms with van der Waals surface area (Å²) < 4.78 is 16.0. The Balaban J connectivity index is 1.40. The van der Waals surface area contributed by atoms with Crippen molar-refractivity contribution in [2.24, 2.45) is 5.92 Å². The van der Waals surface area contributed by atoms with Gasteiger partial charge in [-0.1, -0.05) is 12.2 Å². The van der Waals surface area contributed by atoms with Gasteiger partial charge in [0.05, 0.1) is 0 Å². The number of aliphatic hydroxyl groups is 1. The molecule has 2 aliphatic rings. The van der Waals surface area contributed by atoms with Crippen molar-refractivity contribution in [3.8, 4) is 17.2 Å². The predicted octanol–water partition coefficient (Wildman–Crippen LogP) is 1.63. The highest BCUT2D eigenvalue weighted by molar-refractivity contribution is 5.78. The Labute approximate surface area is 135 Å². The van der Waals surface area contributed by atoms with Crippen molar-refractivity contribution >= 4 is 5.91 Å². The zero-order valence-electron chi connectivity index (χ0n) is 12.9. The number of allylic oxidation sites excluding steroid dienone is 2. The first-order valence-electron chi connectivity index (χ1n) is 7.85. The monoisotopic (exact) mass is 319 g/mol. The van der Waals surface area contributed by atoms with Gasteiger partial charge < -0.3 is 24.6 Å². The van der Waals surface area contributed by atoms with Crippen molar-refractivity contribution in [3.05, 3.63) is 30.4 Å². The van der Waals surface area contributed by atoms with E-state index in [9.17, 15) is 9.90 Å². The highest BCUT2D eigenvalue weighted by Crippen LogP contribution is 2.35. The Morgan fingerprint density at radius 1 is 1.35 bits per heavy atom. The predicted molar refractivity (Wildman–Crippen MR) is 83.6 cm³/mol. The highest BCUT2D eigenvalue weighted by Gasteiger charge is 2.19. The van der Waals surface area contributed by atoms with Crippen LogP contribution in [0.4, 0.5) is 0 Å². The first-order chi connectivity index (χ1) is 11.2. The molecular formula is C17H21NO5. The molecule has 2 atom stereocenters. The van der Waals surface area contributed by atoms with Crippen LogP contribution >= 0.6 is 0 Å². The Bertz CT molecular complexity index is 586. The molecule has 1 aliphatic carbocycles. The molecule has 0 saturated carbocycles. The number of rotatable bonds is 6. The van der Waals surface area contributed by atoms with E-state index in [1.54, 1.807) is 18.2 Å². The molecule has 2 unspecified atom stereocenters. The van der Waals surface area contributed by atoms with E-state index < -0.39 is 6.10 Å². The third-order valence-corrected chi connectivity index (χ3v) is 3.94. The number of amides is 1. The third-order valence-electron chi connectivity index (χ3n) is 3.94. The molecule has 0 aromatic heterocycles. The molecule has 0 bridgehead atoms. The molecule has 1 aromatic carbocycles. The molecule has 3 rings (SSSR count). The SMILES string of the molecule is O=C(NCC(O)COc1ccc2c(c1)OCO2)C1CC=CCC1. The summed E-state index contributed by atoms with van der Waals surface area (Å²) >= 11 is 0. The summed E-state index contributed by atoms with van der Waals surface area (Å²) in [4.78, 5) is 12.0. The lowest BCUT2D eigenvalue weighted by atomic mass is 9.94. The fraction of sp³-hybridized carbons (Fsp3) is 0.471. The molecule has 6 heteroatoms. The van der Waals surface area contributed by atoms with E-state index in [-0.39, 0.29) is 31.8 Å². The lowest BCUT2D eigenvalue weighted by Gasteiger charge is -2.19. The number of ether oxygens (including phenoxy) is 3. The minimum Gasteiger partial charge on any atom is -0.491 e. The van der Waals surface area contributed by atoms with Crippen molar-refractivity contribution in [2.75, 3.05) is 19.9 Å². The largest absolute Gasteiger partial charge is 0.491 e. The molecule has 1 amide bonds. The van der Waals surface area contributed by atoms with Crippen molar-refractivity contribution in [1.29, 1.82) is 0 Å². The summed E-state index contributed by atoms with van der Waals surface area (Å²) in [5.74, 6) is 1.93. The molecule has 23 heavy (non-hydrogen) atoms. The van der Waals surface area contributed by atoms with Crippen LogP contribution in [0.5, 0.6) is 17.2 Å². The molecule has 2 N–H and O–H groups in total. The van der Waals surface area contributed by atoms with E-state index in [4.69, 9.17) is 14.2 Å². The van der Waals surface area contributed by atoms with Crippen LogP contribution in [-0.4, -0.2) is 37.1 Å². The van der Waals surface area contributed by atoms with E-state index in [1.165, 1.54) is 0 Å². The lowest BCUT2D eigenvalue weighted by Crippen LogP contribution is -2.38. The first-order valence-corrected chi connectivity index (χ1v) is 7.85. The Morgan fingerprint density at radius 3 is 3.04 bits per heavy atom. The zero-order chi connectivity index (χ0) is 16.1. The normalized spacial score (nSPS) is 20.1. The number of fused-ring (bicyclic) bond motifs is 1. The smallest absolute Gasteiger partial charge is 0.231 e. The summed E-state index contributed by atoms with van der Waals surface area (Å²) in [6, 6.07) is 5.25. The maximum Gasteiger partial charge on any atom is 0.231 e. The molecule has 124 valence electrons. The quantitative estimate of drug-likeness (QED) is 0.779. The van der Waals surface area contributed by atoms with Gasteiger partial charge in [0.1, 0.15) is 18.5 Å². The number of nitrogens with one attached hydrogen (secondary N) is 1. The van der Waals surface area contributed by atoms with Crippen molar-refractivity contribution in [3.63, 3.8) is 0 Å². The standard InChI is InChI=1S/C17H21NO5/c19-13(9-18-17(20)12-4-2-1-3-5-12)10-21-14-6-7-15-16(8-14)23-11-22-15/h1-2,6-8,12-13,19H,3-5,9-11H2,(H,18,20). The molecule has 1 aliphatic heterocycles. The van der Waals surface area contributed by atoms with Crippen molar-refractivity contribution in [1.82, 2.24) is 5.32 Å². The van der Waals surface area contributed by atoms with Gasteiger partial charge in [-0.2, -0.15) is 0 Å².